The van der Waals surface area contributed by atoms with Gasteiger partial charge in [-0.15, -0.1) is 0 Å². The molecule has 0 unspecified atom stereocenters. The Bertz CT molecular complexity index is 328. The molecule has 0 amide bonds. The van der Waals surface area contributed by atoms with Crippen LogP contribution in [0.4, 0.5) is 0 Å². The van der Waals surface area contributed by atoms with Crippen LogP contribution in [0.25, 0.3) is 0 Å². The molecule has 1 heterocycles. The predicted molar refractivity (Wildman–Crippen MR) is 49.6 cm³/mol. The minimum Gasteiger partial charge on any atom is -0.300 e. The predicted octanol–water partition coefficient (Wildman–Crippen LogP) is 1.42. The first-order valence-corrected chi connectivity index (χ1v) is 4.82. The molecule has 0 aromatic carbocycles. The van der Waals surface area contributed by atoms with Crippen molar-refractivity contribution < 1.29 is 4.79 Å². The molecule has 1 aliphatic rings. The van der Waals surface area contributed by atoms with Crippen LogP contribution < -0.4 is 0 Å². The monoisotopic (exact) mass is 178 g/mol. The van der Waals surface area contributed by atoms with E-state index in [0.29, 0.717) is 6.42 Å². The van der Waals surface area contributed by atoms with Crippen LogP contribution in [0.3, 0.4) is 0 Å². The number of aromatic amines is 1. The van der Waals surface area contributed by atoms with E-state index in [1.165, 1.54) is 17.7 Å². The first kappa shape index (κ1) is 8.48. The highest BCUT2D eigenvalue weighted by Crippen LogP contribution is 2.23. The Morgan fingerprint density at radius 1 is 1.54 bits per heavy atom. The number of hydrogen-bond acceptors (Lipinski definition) is 2. The first-order valence-electron chi connectivity index (χ1n) is 4.82. The van der Waals surface area contributed by atoms with Crippen LogP contribution in [0, 0.1) is 0 Å². The van der Waals surface area contributed by atoms with E-state index in [2.05, 4.69) is 10.2 Å². The zero-order chi connectivity index (χ0) is 9.26. The second kappa shape index (κ2) is 3.32. The molecule has 0 bridgehead atoms. The molecule has 0 radical (unpaired) electrons. The Kier molecular flexibility index (Phi) is 2.17. The molecule has 1 N–H and O–H groups in total. The van der Waals surface area contributed by atoms with E-state index >= 15 is 0 Å². The van der Waals surface area contributed by atoms with Crippen molar-refractivity contribution in [2.24, 2.45) is 0 Å². The number of H-pyrrole nitrogens is 1. The van der Waals surface area contributed by atoms with Gasteiger partial charge in [0.25, 0.3) is 0 Å². The SMILES string of the molecule is CC(=O)CCc1n[nH]c2c1CCC2. The van der Waals surface area contributed by atoms with E-state index in [4.69, 9.17) is 0 Å². The summed E-state index contributed by atoms with van der Waals surface area (Å²) >= 11 is 0. The molecule has 3 heteroatoms. The number of aromatic nitrogens is 2. The maximum Gasteiger partial charge on any atom is 0.130 e. The van der Waals surface area contributed by atoms with Crippen molar-refractivity contribution in [1.82, 2.24) is 10.2 Å². The van der Waals surface area contributed by atoms with Crippen LogP contribution in [0.5, 0.6) is 0 Å². The smallest absolute Gasteiger partial charge is 0.130 e. The van der Waals surface area contributed by atoms with E-state index in [9.17, 15) is 4.79 Å². The number of Topliss-reactive ketones (excluding diaryl/α,β-unsaturated/α-hetero) is 1. The lowest BCUT2D eigenvalue weighted by atomic mass is 10.1. The molecule has 1 aliphatic carbocycles. The van der Waals surface area contributed by atoms with Gasteiger partial charge in [-0.1, -0.05) is 0 Å². The summed E-state index contributed by atoms with van der Waals surface area (Å²) in [6.45, 7) is 1.63. The molecule has 0 saturated carbocycles. The second-order valence-corrected chi connectivity index (χ2v) is 3.68. The number of rotatable bonds is 3. The standard InChI is InChI=1S/C10H14N2O/c1-7(13)5-6-10-8-3-2-4-9(8)11-12-10/h2-6H2,1H3,(H,11,12). The number of aryl methyl sites for hydroxylation is 2. The summed E-state index contributed by atoms with van der Waals surface area (Å²) in [5.41, 5.74) is 3.78. The average molecular weight is 178 g/mol. The van der Waals surface area contributed by atoms with Crippen molar-refractivity contribution in [1.29, 1.82) is 0 Å². The summed E-state index contributed by atoms with van der Waals surface area (Å²) in [7, 11) is 0. The van der Waals surface area contributed by atoms with Crippen LogP contribution in [0.1, 0.15) is 36.7 Å². The highest BCUT2D eigenvalue weighted by Gasteiger charge is 2.17. The third kappa shape index (κ3) is 1.64. The number of carbonyl (C=O) groups excluding carboxylic acids is 1. The third-order valence-corrected chi connectivity index (χ3v) is 2.61. The van der Waals surface area contributed by atoms with Crippen LogP contribution in [-0.2, 0) is 24.1 Å². The van der Waals surface area contributed by atoms with Crippen LogP contribution >= 0.6 is 0 Å². The van der Waals surface area contributed by atoms with E-state index in [0.717, 1.165) is 25.0 Å². The number of hydrogen-bond donors (Lipinski definition) is 1. The van der Waals surface area contributed by atoms with Gasteiger partial charge in [-0.3, -0.25) is 5.10 Å². The fourth-order valence-corrected chi connectivity index (χ4v) is 1.89. The van der Waals surface area contributed by atoms with E-state index in [-0.39, 0.29) is 5.78 Å². The van der Waals surface area contributed by atoms with Gasteiger partial charge in [-0.25, -0.2) is 0 Å². The molecule has 0 atom stereocenters. The molecular formula is C10H14N2O. The van der Waals surface area contributed by atoms with Gasteiger partial charge >= 0.3 is 0 Å². The highest BCUT2D eigenvalue weighted by atomic mass is 16.1. The molecule has 0 spiro atoms. The molecular weight excluding hydrogens is 164 g/mol. The van der Waals surface area contributed by atoms with Gasteiger partial charge in [-0.05, 0) is 38.2 Å². The largest absolute Gasteiger partial charge is 0.300 e. The van der Waals surface area contributed by atoms with Gasteiger partial charge in [0.1, 0.15) is 5.78 Å². The molecule has 3 nitrogen and oxygen atoms in total. The van der Waals surface area contributed by atoms with Gasteiger partial charge in [0.15, 0.2) is 0 Å². The normalized spacial score (nSPS) is 14.5. The maximum absolute atomic E-state index is 10.8. The van der Waals surface area contributed by atoms with Gasteiger partial charge < -0.3 is 4.79 Å². The van der Waals surface area contributed by atoms with E-state index in [1.54, 1.807) is 6.92 Å². The lowest BCUT2D eigenvalue weighted by Gasteiger charge is -1.95. The fourth-order valence-electron chi connectivity index (χ4n) is 1.89. The summed E-state index contributed by atoms with van der Waals surface area (Å²) in [5, 5.41) is 7.28. The van der Waals surface area contributed by atoms with Crippen molar-refractivity contribution >= 4 is 5.78 Å². The minimum absolute atomic E-state index is 0.245. The number of ketones is 1. The molecule has 0 aliphatic heterocycles. The van der Waals surface area contributed by atoms with Gasteiger partial charge in [-0.2, -0.15) is 5.10 Å². The van der Waals surface area contributed by atoms with Crippen molar-refractivity contribution in [3.63, 3.8) is 0 Å². The van der Waals surface area contributed by atoms with E-state index < -0.39 is 0 Å². The number of nitrogens with zero attached hydrogens (tertiary/aromatic N) is 1. The zero-order valence-corrected chi connectivity index (χ0v) is 7.89. The topological polar surface area (TPSA) is 45.8 Å². The summed E-state index contributed by atoms with van der Waals surface area (Å²) in [4.78, 5) is 10.8. The Morgan fingerprint density at radius 3 is 3.15 bits per heavy atom. The van der Waals surface area contributed by atoms with Crippen LogP contribution in [0.2, 0.25) is 0 Å². The Morgan fingerprint density at radius 2 is 2.38 bits per heavy atom. The van der Waals surface area contributed by atoms with Gasteiger partial charge in [0.05, 0.1) is 5.69 Å². The minimum atomic E-state index is 0.245. The Hall–Kier alpha value is -1.12. The Labute approximate surface area is 77.5 Å². The lowest BCUT2D eigenvalue weighted by Crippen LogP contribution is -1.96. The van der Waals surface area contributed by atoms with Crippen molar-refractivity contribution in [2.75, 3.05) is 0 Å². The molecule has 1 aromatic heterocycles. The molecule has 0 saturated heterocycles. The lowest BCUT2D eigenvalue weighted by molar-refractivity contribution is -0.116. The Balaban J connectivity index is 2.08. The summed E-state index contributed by atoms with van der Waals surface area (Å²) < 4.78 is 0. The number of nitrogens with one attached hydrogen (secondary N) is 1. The quantitative estimate of drug-likeness (QED) is 0.760. The van der Waals surface area contributed by atoms with Crippen molar-refractivity contribution in [3.8, 4) is 0 Å². The third-order valence-electron chi connectivity index (χ3n) is 2.61. The molecule has 13 heavy (non-hydrogen) atoms. The zero-order valence-electron chi connectivity index (χ0n) is 7.89. The number of carbonyl (C=O) groups is 1. The molecule has 70 valence electrons. The maximum atomic E-state index is 10.8. The van der Waals surface area contributed by atoms with Crippen molar-refractivity contribution in [3.05, 3.63) is 17.0 Å². The first-order chi connectivity index (χ1) is 6.27. The average Bonchev–Trinajstić information content (AvgIpc) is 2.60. The fraction of sp³-hybridized carbons (Fsp3) is 0.600. The summed E-state index contributed by atoms with van der Waals surface area (Å²) in [5.74, 6) is 0.245. The van der Waals surface area contributed by atoms with Crippen molar-refractivity contribution in [2.45, 2.75) is 39.0 Å². The van der Waals surface area contributed by atoms with Gasteiger partial charge in [0, 0.05) is 12.1 Å². The van der Waals surface area contributed by atoms with Gasteiger partial charge in [0.2, 0.25) is 0 Å². The molecule has 1 aromatic rings. The molecule has 0 fully saturated rings. The van der Waals surface area contributed by atoms with E-state index in [1.807, 2.05) is 0 Å². The molecule has 2 rings (SSSR count). The number of fused-ring (bicyclic) bond motifs is 1. The van der Waals surface area contributed by atoms with Crippen LogP contribution in [0.15, 0.2) is 0 Å². The second-order valence-electron chi connectivity index (χ2n) is 3.68. The van der Waals surface area contributed by atoms with Crippen LogP contribution in [-0.4, -0.2) is 16.0 Å². The summed E-state index contributed by atoms with van der Waals surface area (Å²) in [6.07, 6.45) is 4.93. The summed E-state index contributed by atoms with van der Waals surface area (Å²) in [6, 6.07) is 0. The highest BCUT2D eigenvalue weighted by molar-refractivity contribution is 5.75.